The van der Waals surface area contributed by atoms with E-state index in [0.29, 0.717) is 6.42 Å². The smallest absolute Gasteiger partial charge is 0.320 e. The van der Waals surface area contributed by atoms with Crippen molar-refractivity contribution in [3.8, 4) is 0 Å². The van der Waals surface area contributed by atoms with Crippen LogP contribution in [-0.4, -0.2) is 31.3 Å². The van der Waals surface area contributed by atoms with Gasteiger partial charge in [-0.3, -0.25) is 4.79 Å². The van der Waals surface area contributed by atoms with Gasteiger partial charge in [0.15, 0.2) is 5.75 Å². The van der Waals surface area contributed by atoms with Gasteiger partial charge in [-0.1, -0.05) is 12.1 Å². The van der Waals surface area contributed by atoms with Crippen molar-refractivity contribution in [2.24, 2.45) is 0 Å². The molecule has 2 N–H and O–H groups in total. The highest BCUT2D eigenvalue weighted by molar-refractivity contribution is 7.90. The monoisotopic (exact) mass is 275 g/mol. The van der Waals surface area contributed by atoms with Gasteiger partial charge >= 0.3 is 5.97 Å². The lowest BCUT2D eigenvalue weighted by atomic mass is 10.1. The molecule has 0 spiro atoms. The average molecular weight is 275 g/mol. The van der Waals surface area contributed by atoms with Gasteiger partial charge in [-0.15, -0.1) is 0 Å². The van der Waals surface area contributed by atoms with Gasteiger partial charge < -0.3 is 5.11 Å². The van der Waals surface area contributed by atoms with Gasteiger partial charge in [-0.05, 0) is 31.0 Å². The zero-order chi connectivity index (χ0) is 13.8. The molecule has 1 aromatic carbocycles. The summed E-state index contributed by atoms with van der Waals surface area (Å²) in [5, 5.41) is 8.42. The molecular formula is C11H14FNO4S. The zero-order valence-corrected chi connectivity index (χ0v) is 10.6. The molecule has 100 valence electrons. The van der Waals surface area contributed by atoms with Crippen LogP contribution in [0.2, 0.25) is 0 Å². The number of benzene rings is 1. The highest BCUT2D eigenvalue weighted by atomic mass is 32.2. The molecule has 5 nitrogen and oxygen atoms in total. The normalized spacial score (nSPS) is 13.2. The van der Waals surface area contributed by atoms with Crippen molar-refractivity contribution in [1.29, 1.82) is 0 Å². The summed E-state index contributed by atoms with van der Waals surface area (Å²) in [7, 11) is -3.83. The van der Waals surface area contributed by atoms with Crippen LogP contribution in [0.25, 0.3) is 0 Å². The van der Waals surface area contributed by atoms with Crippen LogP contribution in [-0.2, 0) is 21.2 Å². The van der Waals surface area contributed by atoms with Crippen LogP contribution in [0.15, 0.2) is 24.3 Å². The minimum Gasteiger partial charge on any atom is -0.480 e. The van der Waals surface area contributed by atoms with Crippen LogP contribution in [0.5, 0.6) is 0 Å². The molecule has 7 heteroatoms. The van der Waals surface area contributed by atoms with E-state index in [0.717, 1.165) is 5.56 Å². The summed E-state index contributed by atoms with van der Waals surface area (Å²) in [6.45, 7) is 1.61. The number of carboxylic acids is 1. The maximum absolute atomic E-state index is 12.7. The van der Waals surface area contributed by atoms with E-state index < -0.39 is 27.8 Å². The van der Waals surface area contributed by atoms with E-state index in [1.54, 1.807) is 19.1 Å². The number of carboxylic acid groups (broad SMARTS) is 1. The van der Waals surface area contributed by atoms with Crippen LogP contribution < -0.4 is 4.72 Å². The van der Waals surface area contributed by atoms with Gasteiger partial charge in [0.2, 0.25) is 10.0 Å². The number of hydrogen-bond acceptors (Lipinski definition) is 3. The maximum atomic E-state index is 12.7. The second-order valence-corrected chi connectivity index (χ2v) is 5.76. The minimum absolute atomic E-state index is 0.360. The van der Waals surface area contributed by atoms with Crippen LogP contribution >= 0.6 is 0 Å². The van der Waals surface area contributed by atoms with Crippen LogP contribution in [0.4, 0.5) is 4.39 Å². The van der Waals surface area contributed by atoms with Crippen molar-refractivity contribution in [2.75, 3.05) is 5.75 Å². The lowest BCUT2D eigenvalue weighted by Gasteiger charge is -2.13. The number of carbonyl (C=O) groups is 1. The molecule has 0 aliphatic rings. The average Bonchev–Trinajstić information content (AvgIpc) is 2.18. The Morgan fingerprint density at radius 3 is 2.44 bits per heavy atom. The quantitative estimate of drug-likeness (QED) is 0.803. The highest BCUT2D eigenvalue weighted by Gasteiger charge is 2.18. The van der Waals surface area contributed by atoms with E-state index >= 15 is 0 Å². The minimum atomic E-state index is -3.83. The van der Waals surface area contributed by atoms with E-state index in [1.165, 1.54) is 12.1 Å². The molecule has 0 radical (unpaired) electrons. The Hall–Kier alpha value is -1.47. The zero-order valence-electron chi connectivity index (χ0n) is 9.76. The highest BCUT2D eigenvalue weighted by Crippen LogP contribution is 2.06. The van der Waals surface area contributed by atoms with Crippen molar-refractivity contribution in [2.45, 2.75) is 19.4 Å². The number of sulfonamides is 1. The molecule has 0 aliphatic carbocycles. The molecule has 18 heavy (non-hydrogen) atoms. The van der Waals surface area contributed by atoms with Crippen molar-refractivity contribution in [3.63, 3.8) is 0 Å². The Morgan fingerprint density at radius 2 is 1.94 bits per heavy atom. The van der Waals surface area contributed by atoms with E-state index in [1.807, 2.05) is 0 Å². The first-order chi connectivity index (χ1) is 8.28. The molecule has 0 heterocycles. The number of nitrogens with one attached hydrogen (secondary N) is 1. The van der Waals surface area contributed by atoms with E-state index in [-0.39, 0.29) is 5.82 Å². The summed E-state index contributed by atoms with van der Waals surface area (Å²) in [6.07, 6.45) is 0.360. The molecule has 1 unspecified atom stereocenters. The van der Waals surface area contributed by atoms with Crippen LogP contribution in [0, 0.1) is 5.82 Å². The van der Waals surface area contributed by atoms with Crippen LogP contribution in [0.1, 0.15) is 12.5 Å². The summed E-state index contributed by atoms with van der Waals surface area (Å²) >= 11 is 0. The Kier molecular flexibility index (Phi) is 4.80. The largest absolute Gasteiger partial charge is 0.480 e. The SMILES string of the molecule is CC(Cc1ccc(F)cc1)NS(=O)(=O)CC(=O)O. The molecule has 0 aliphatic heterocycles. The van der Waals surface area contributed by atoms with E-state index in [2.05, 4.69) is 4.72 Å². The summed E-state index contributed by atoms with van der Waals surface area (Å²) < 4.78 is 37.6. The van der Waals surface area contributed by atoms with Gasteiger partial charge in [0, 0.05) is 6.04 Å². The summed E-state index contributed by atoms with van der Waals surface area (Å²) in [6, 6.07) is 5.22. The fraction of sp³-hybridized carbons (Fsp3) is 0.364. The van der Waals surface area contributed by atoms with E-state index in [4.69, 9.17) is 5.11 Å². The predicted molar refractivity (Wildman–Crippen MR) is 64.1 cm³/mol. The van der Waals surface area contributed by atoms with Gasteiger partial charge in [0.25, 0.3) is 0 Å². The molecule has 0 bridgehead atoms. The third-order valence-corrected chi connectivity index (χ3v) is 3.54. The van der Waals surface area contributed by atoms with Gasteiger partial charge in [0.05, 0.1) is 0 Å². The van der Waals surface area contributed by atoms with Crippen molar-refractivity contribution in [3.05, 3.63) is 35.6 Å². The Bertz CT molecular complexity index is 512. The van der Waals surface area contributed by atoms with Crippen molar-refractivity contribution in [1.82, 2.24) is 4.72 Å². The molecule has 0 saturated carbocycles. The maximum Gasteiger partial charge on any atom is 0.320 e. The number of hydrogen-bond donors (Lipinski definition) is 2. The number of aliphatic carboxylic acids is 1. The summed E-state index contributed by atoms with van der Waals surface area (Å²) in [5.74, 6) is -2.73. The van der Waals surface area contributed by atoms with Gasteiger partial charge in [0.1, 0.15) is 5.82 Å². The summed E-state index contributed by atoms with van der Waals surface area (Å²) in [5.41, 5.74) is 0.766. The first-order valence-corrected chi connectivity index (χ1v) is 6.90. The standard InChI is InChI=1S/C11H14FNO4S/c1-8(13-18(16,17)7-11(14)15)6-9-2-4-10(12)5-3-9/h2-5,8,13H,6-7H2,1H3,(H,14,15). The molecule has 0 amide bonds. The molecule has 1 aromatic rings. The third-order valence-electron chi connectivity index (χ3n) is 2.15. The molecule has 0 aromatic heterocycles. The lowest BCUT2D eigenvalue weighted by Crippen LogP contribution is -2.37. The number of rotatable bonds is 6. The second-order valence-electron chi connectivity index (χ2n) is 4.00. The molecule has 1 atom stereocenters. The van der Waals surface area contributed by atoms with Crippen molar-refractivity contribution < 1.29 is 22.7 Å². The van der Waals surface area contributed by atoms with Gasteiger partial charge in [-0.25, -0.2) is 17.5 Å². The third kappa shape index (κ3) is 5.24. The Balaban J connectivity index is 2.59. The van der Waals surface area contributed by atoms with Crippen molar-refractivity contribution >= 4 is 16.0 Å². The first-order valence-electron chi connectivity index (χ1n) is 5.25. The molecule has 0 saturated heterocycles. The second kappa shape index (κ2) is 5.92. The van der Waals surface area contributed by atoms with Crippen LogP contribution in [0.3, 0.4) is 0 Å². The molecular weight excluding hydrogens is 261 g/mol. The fourth-order valence-electron chi connectivity index (χ4n) is 1.53. The van der Waals surface area contributed by atoms with Gasteiger partial charge in [-0.2, -0.15) is 0 Å². The van der Waals surface area contributed by atoms with E-state index in [9.17, 15) is 17.6 Å². The Labute approximate surface area is 105 Å². The first kappa shape index (κ1) is 14.6. The number of halogens is 1. The lowest BCUT2D eigenvalue weighted by molar-refractivity contribution is -0.134. The topological polar surface area (TPSA) is 83.5 Å². The molecule has 0 fully saturated rings. The summed E-state index contributed by atoms with van der Waals surface area (Å²) in [4.78, 5) is 10.3. The Morgan fingerprint density at radius 1 is 1.39 bits per heavy atom. The fourth-order valence-corrected chi connectivity index (χ4v) is 2.63. The predicted octanol–water partition coefficient (Wildman–Crippen LogP) is 0.761. The molecule has 1 rings (SSSR count).